The summed E-state index contributed by atoms with van der Waals surface area (Å²) >= 11 is 1.21. The van der Waals surface area contributed by atoms with Gasteiger partial charge in [0.25, 0.3) is 18.2 Å². The van der Waals surface area contributed by atoms with Gasteiger partial charge in [0, 0.05) is 41.4 Å². The van der Waals surface area contributed by atoms with Crippen molar-refractivity contribution in [3.63, 3.8) is 0 Å². The van der Waals surface area contributed by atoms with Crippen molar-refractivity contribution in [3.05, 3.63) is 87.9 Å². The molecule has 2 aromatic carbocycles. The standard InChI is InChI=1S/C33H33F3N6O2S/c1-2-40-10-7-21(8-11-40)19-3-5-20(6-4-19)22-13-24(30(35)36)26-17-42(32(44)25(26)14-22)29(31(43)39-33-37-9-12-45-33)28-27-15-23(34)16-41(27)18-38-28/h3-6,9,12-14,18,21,23,29-30H,2,7-8,10-11,15-17H2,1H3,(H,37,39,43). The van der Waals surface area contributed by atoms with Crippen molar-refractivity contribution in [2.45, 2.75) is 63.8 Å². The van der Waals surface area contributed by atoms with Crippen molar-refractivity contribution in [1.29, 1.82) is 0 Å². The fourth-order valence-corrected chi connectivity index (χ4v) is 7.48. The van der Waals surface area contributed by atoms with Gasteiger partial charge in [-0.2, -0.15) is 0 Å². The number of amides is 2. The molecule has 8 nitrogen and oxygen atoms in total. The van der Waals surface area contributed by atoms with E-state index in [1.165, 1.54) is 40.4 Å². The van der Waals surface area contributed by atoms with Crippen molar-refractivity contribution >= 4 is 28.3 Å². The molecular weight excluding hydrogens is 601 g/mol. The summed E-state index contributed by atoms with van der Waals surface area (Å²) in [5.74, 6) is -0.684. The number of rotatable bonds is 8. The van der Waals surface area contributed by atoms with E-state index in [4.69, 9.17) is 0 Å². The summed E-state index contributed by atoms with van der Waals surface area (Å²) in [6, 6.07) is 9.81. The number of hydrogen-bond acceptors (Lipinski definition) is 6. The van der Waals surface area contributed by atoms with Crippen molar-refractivity contribution in [3.8, 4) is 11.1 Å². The third kappa shape index (κ3) is 5.54. The zero-order valence-electron chi connectivity index (χ0n) is 24.8. The van der Waals surface area contributed by atoms with E-state index in [1.54, 1.807) is 16.0 Å². The van der Waals surface area contributed by atoms with Gasteiger partial charge in [-0.15, -0.1) is 11.3 Å². The van der Waals surface area contributed by atoms with Gasteiger partial charge < -0.3 is 14.4 Å². The summed E-state index contributed by atoms with van der Waals surface area (Å²) in [7, 11) is 0. The van der Waals surface area contributed by atoms with Crippen LogP contribution in [0.25, 0.3) is 11.1 Å². The number of anilines is 1. The van der Waals surface area contributed by atoms with Crippen molar-refractivity contribution < 1.29 is 22.8 Å². The molecule has 45 heavy (non-hydrogen) atoms. The number of nitrogens with one attached hydrogen (secondary N) is 1. The normalized spacial score (nSPS) is 19.3. The smallest absolute Gasteiger partial charge is 0.264 e. The maximum Gasteiger partial charge on any atom is 0.264 e. The SMILES string of the molecule is CCN1CCC(c2ccc(-c3cc4c(c(C(F)F)c3)CN(C(C(=O)Nc3nccs3)c3ncn5c3CC(F)C5)C4=O)cc2)CC1. The number of halogens is 3. The van der Waals surface area contributed by atoms with Gasteiger partial charge in [-0.05, 0) is 72.8 Å². The molecule has 7 rings (SSSR count). The topological polar surface area (TPSA) is 83.4 Å². The molecule has 1 N–H and O–H groups in total. The summed E-state index contributed by atoms with van der Waals surface area (Å²) in [5, 5.41) is 4.75. The summed E-state index contributed by atoms with van der Waals surface area (Å²) in [6.07, 6.45) is 1.23. The monoisotopic (exact) mass is 634 g/mol. The minimum absolute atomic E-state index is 0.0471. The molecule has 0 radical (unpaired) electrons. The first-order chi connectivity index (χ1) is 21.8. The molecule has 4 aromatic rings. The molecule has 3 aliphatic heterocycles. The number of benzene rings is 2. The molecule has 0 spiro atoms. The van der Waals surface area contributed by atoms with Gasteiger partial charge in [-0.25, -0.2) is 23.1 Å². The van der Waals surface area contributed by atoms with E-state index < -0.39 is 30.5 Å². The molecule has 0 saturated carbocycles. The van der Waals surface area contributed by atoms with E-state index in [1.807, 2.05) is 12.1 Å². The first-order valence-corrected chi connectivity index (χ1v) is 16.2. The molecule has 2 unspecified atom stereocenters. The number of aromatic nitrogens is 3. The van der Waals surface area contributed by atoms with E-state index in [9.17, 15) is 22.8 Å². The zero-order chi connectivity index (χ0) is 31.2. The molecule has 0 aliphatic carbocycles. The number of piperidine rings is 1. The highest BCUT2D eigenvalue weighted by Crippen LogP contribution is 2.41. The fourth-order valence-electron chi connectivity index (χ4n) is 6.95. The van der Waals surface area contributed by atoms with E-state index in [-0.39, 0.29) is 41.9 Å². The van der Waals surface area contributed by atoms with Crippen LogP contribution in [0.1, 0.15) is 76.6 Å². The second-order valence-electron chi connectivity index (χ2n) is 11.9. The van der Waals surface area contributed by atoms with Crippen molar-refractivity contribution in [2.24, 2.45) is 0 Å². The summed E-state index contributed by atoms with van der Waals surface area (Å²) in [5.41, 5.74) is 3.30. The van der Waals surface area contributed by atoms with Crippen LogP contribution < -0.4 is 5.32 Å². The Balaban J connectivity index is 1.21. The average Bonchev–Trinajstić information content (AvgIpc) is 3.84. The fraction of sp³-hybridized carbons (Fsp3) is 0.394. The van der Waals surface area contributed by atoms with Gasteiger partial charge in [0.2, 0.25) is 0 Å². The summed E-state index contributed by atoms with van der Waals surface area (Å²) in [4.78, 5) is 40.0. The number of likely N-dealkylation sites (tertiary alicyclic amines) is 1. The lowest BCUT2D eigenvalue weighted by Gasteiger charge is -2.31. The zero-order valence-corrected chi connectivity index (χ0v) is 25.6. The number of thiazole rings is 1. The van der Waals surface area contributed by atoms with Gasteiger partial charge >= 0.3 is 0 Å². The van der Waals surface area contributed by atoms with Gasteiger partial charge in [0.15, 0.2) is 11.2 Å². The minimum atomic E-state index is -2.83. The van der Waals surface area contributed by atoms with E-state index in [2.05, 4.69) is 39.2 Å². The second kappa shape index (κ2) is 12.1. The number of nitrogens with zero attached hydrogens (tertiary/aromatic N) is 5. The molecule has 2 amide bonds. The lowest BCUT2D eigenvalue weighted by molar-refractivity contribution is -0.121. The average molecular weight is 635 g/mol. The lowest BCUT2D eigenvalue weighted by Crippen LogP contribution is -2.38. The van der Waals surface area contributed by atoms with Crippen LogP contribution in [0.2, 0.25) is 0 Å². The lowest BCUT2D eigenvalue weighted by atomic mass is 9.88. The highest BCUT2D eigenvalue weighted by atomic mass is 32.1. The van der Waals surface area contributed by atoms with Crippen LogP contribution in [-0.4, -0.2) is 62.0 Å². The molecule has 2 aromatic heterocycles. The third-order valence-corrected chi connectivity index (χ3v) is 10.0. The molecule has 0 bridgehead atoms. The van der Waals surface area contributed by atoms with Crippen LogP contribution in [0.5, 0.6) is 0 Å². The molecular formula is C33H33F3N6O2S. The molecule has 234 valence electrons. The molecule has 1 fully saturated rings. The van der Waals surface area contributed by atoms with Crippen LogP contribution in [0.3, 0.4) is 0 Å². The van der Waals surface area contributed by atoms with E-state index in [0.29, 0.717) is 22.3 Å². The Morgan fingerprint density at radius 1 is 1.11 bits per heavy atom. The van der Waals surface area contributed by atoms with Crippen molar-refractivity contribution in [2.75, 3.05) is 25.0 Å². The Labute approximate surface area is 262 Å². The highest BCUT2D eigenvalue weighted by Gasteiger charge is 2.43. The molecule has 3 aliphatic rings. The quantitative estimate of drug-likeness (QED) is 0.244. The van der Waals surface area contributed by atoms with Crippen LogP contribution in [0, 0.1) is 0 Å². The van der Waals surface area contributed by atoms with Crippen LogP contribution in [0.4, 0.5) is 18.3 Å². The molecule has 2 atom stereocenters. The Bertz CT molecular complexity index is 1720. The number of imidazole rings is 1. The summed E-state index contributed by atoms with van der Waals surface area (Å²) < 4.78 is 45.1. The van der Waals surface area contributed by atoms with Gasteiger partial charge in [0.1, 0.15) is 6.17 Å². The molecule has 1 saturated heterocycles. The van der Waals surface area contributed by atoms with Gasteiger partial charge in [0.05, 0.1) is 18.6 Å². The number of fused-ring (bicyclic) bond motifs is 2. The van der Waals surface area contributed by atoms with Crippen LogP contribution >= 0.6 is 11.3 Å². The highest BCUT2D eigenvalue weighted by molar-refractivity contribution is 7.13. The predicted molar refractivity (Wildman–Crippen MR) is 165 cm³/mol. The first kappa shape index (κ1) is 29.7. The second-order valence-corrected chi connectivity index (χ2v) is 12.8. The first-order valence-electron chi connectivity index (χ1n) is 15.3. The molecule has 12 heteroatoms. The number of hydrogen-bond donors (Lipinski definition) is 1. The maximum atomic E-state index is 14.6. The number of carbonyl (C=O) groups excluding carboxylic acids is 2. The van der Waals surface area contributed by atoms with Crippen LogP contribution in [-0.2, 0) is 24.3 Å². The molecule has 5 heterocycles. The Morgan fingerprint density at radius 3 is 2.58 bits per heavy atom. The minimum Gasteiger partial charge on any atom is -0.331 e. The summed E-state index contributed by atoms with van der Waals surface area (Å²) in [6.45, 7) is 5.24. The maximum absolute atomic E-state index is 14.6. The van der Waals surface area contributed by atoms with E-state index in [0.717, 1.165) is 38.0 Å². The number of alkyl halides is 3. The Kier molecular flexibility index (Phi) is 7.95. The Morgan fingerprint density at radius 2 is 1.89 bits per heavy atom. The van der Waals surface area contributed by atoms with Crippen molar-refractivity contribution in [1.82, 2.24) is 24.3 Å². The van der Waals surface area contributed by atoms with Crippen LogP contribution in [0.15, 0.2) is 54.3 Å². The van der Waals surface area contributed by atoms with E-state index >= 15 is 0 Å². The Hall–Kier alpha value is -4.03. The van der Waals surface area contributed by atoms with Gasteiger partial charge in [-0.1, -0.05) is 31.2 Å². The largest absolute Gasteiger partial charge is 0.331 e. The third-order valence-electron chi connectivity index (χ3n) is 9.36. The number of carbonyl (C=O) groups is 2. The predicted octanol–water partition coefficient (Wildman–Crippen LogP) is 6.37. The van der Waals surface area contributed by atoms with Gasteiger partial charge in [-0.3, -0.25) is 14.9 Å².